The summed E-state index contributed by atoms with van der Waals surface area (Å²) in [5.41, 5.74) is 0.941. The lowest BCUT2D eigenvalue weighted by atomic mass is 9.84. The number of aromatic nitrogens is 2. The number of carbonyl (C=O) groups is 2. The molecule has 2 fully saturated rings. The second kappa shape index (κ2) is 9.07. The van der Waals surface area contributed by atoms with Gasteiger partial charge in [-0.3, -0.25) is 23.4 Å². The monoisotopic (exact) mass is 527 g/mol. The van der Waals surface area contributed by atoms with Gasteiger partial charge in [0.15, 0.2) is 5.78 Å². The van der Waals surface area contributed by atoms with E-state index in [1.54, 1.807) is 11.6 Å². The van der Waals surface area contributed by atoms with E-state index in [0.717, 1.165) is 12.1 Å². The normalized spacial score (nSPS) is 25.2. The number of fused-ring (bicyclic) bond motifs is 1. The van der Waals surface area contributed by atoms with E-state index in [9.17, 15) is 31.9 Å². The number of hydrogen-bond donors (Lipinski definition) is 3. The van der Waals surface area contributed by atoms with Crippen LogP contribution in [-0.4, -0.2) is 54.2 Å². The minimum Gasteiger partial charge on any atom is -0.435 e. The molecule has 1 amide bonds. The largest absolute Gasteiger partial charge is 0.435 e. The number of ether oxygens (including phenoxy) is 1. The van der Waals surface area contributed by atoms with E-state index in [1.807, 2.05) is 0 Å². The molecule has 0 bridgehead atoms. The SMILES string of the molecule is CC1(NC(=O)[C@@H]2CCc3c(-c4cc(OC(F)F)ccc4F)nn(C4CCCC4=O)c3C2)CS(O)(O)C1. The average Bonchev–Trinajstić information content (AvgIpc) is 3.35. The minimum atomic E-state index is -3.06. The van der Waals surface area contributed by atoms with E-state index < -0.39 is 40.5 Å². The van der Waals surface area contributed by atoms with Gasteiger partial charge in [-0.1, -0.05) is 0 Å². The van der Waals surface area contributed by atoms with Crippen LogP contribution in [-0.2, 0) is 22.4 Å². The number of ketones is 1. The molecule has 2 aliphatic carbocycles. The molecule has 5 rings (SSSR count). The fourth-order valence-corrected chi connectivity index (χ4v) is 7.80. The number of benzene rings is 1. The van der Waals surface area contributed by atoms with Crippen LogP contribution in [0, 0.1) is 11.7 Å². The summed E-state index contributed by atoms with van der Waals surface area (Å²) >= 11 is 0. The van der Waals surface area contributed by atoms with Crippen LogP contribution in [0.1, 0.15) is 49.9 Å². The van der Waals surface area contributed by atoms with Gasteiger partial charge in [-0.15, -0.1) is 0 Å². The molecular formula is C24H28F3N3O5S. The molecule has 3 N–H and O–H groups in total. The Morgan fingerprint density at radius 1 is 1.28 bits per heavy atom. The molecule has 3 aliphatic rings. The number of halogens is 3. The molecular weight excluding hydrogens is 499 g/mol. The lowest BCUT2D eigenvalue weighted by Crippen LogP contribution is -2.62. The van der Waals surface area contributed by atoms with Crippen LogP contribution < -0.4 is 10.1 Å². The first kappa shape index (κ1) is 25.1. The summed E-state index contributed by atoms with van der Waals surface area (Å²) in [5.74, 6) is -1.27. The van der Waals surface area contributed by atoms with Gasteiger partial charge in [0.1, 0.15) is 17.6 Å². The highest BCUT2D eigenvalue weighted by Gasteiger charge is 2.47. The highest BCUT2D eigenvalue weighted by atomic mass is 32.3. The maximum absolute atomic E-state index is 14.9. The summed E-state index contributed by atoms with van der Waals surface area (Å²) in [6.07, 6.45) is 2.80. The zero-order chi connectivity index (χ0) is 25.8. The number of hydrogen-bond acceptors (Lipinski definition) is 6. The van der Waals surface area contributed by atoms with Crippen molar-refractivity contribution < 1.29 is 36.6 Å². The zero-order valence-corrected chi connectivity index (χ0v) is 20.5. The quantitative estimate of drug-likeness (QED) is 0.516. The Balaban J connectivity index is 1.48. The Labute approximate surface area is 207 Å². The Bertz CT molecular complexity index is 1210. The van der Waals surface area contributed by atoms with Crippen molar-refractivity contribution in [3.63, 3.8) is 0 Å². The second-order valence-electron chi connectivity index (χ2n) is 10.2. The fraction of sp³-hybridized carbons (Fsp3) is 0.542. The van der Waals surface area contributed by atoms with E-state index in [2.05, 4.69) is 15.2 Å². The summed E-state index contributed by atoms with van der Waals surface area (Å²) in [7, 11) is -2.64. The number of nitrogens with one attached hydrogen (secondary N) is 1. The van der Waals surface area contributed by atoms with Crippen molar-refractivity contribution in [3.05, 3.63) is 35.3 Å². The van der Waals surface area contributed by atoms with Gasteiger partial charge in [0.25, 0.3) is 0 Å². The lowest BCUT2D eigenvalue weighted by Gasteiger charge is -2.54. The molecule has 0 radical (unpaired) electrons. The van der Waals surface area contributed by atoms with Crippen molar-refractivity contribution in [2.45, 2.75) is 63.6 Å². The first-order chi connectivity index (χ1) is 16.9. The van der Waals surface area contributed by atoms with Crippen molar-refractivity contribution in [2.24, 2.45) is 5.92 Å². The van der Waals surface area contributed by atoms with Crippen molar-refractivity contribution in [2.75, 3.05) is 11.5 Å². The minimum absolute atomic E-state index is 0.00341. The predicted molar refractivity (Wildman–Crippen MR) is 127 cm³/mol. The maximum atomic E-state index is 14.9. The number of alkyl halides is 2. The highest BCUT2D eigenvalue weighted by Crippen LogP contribution is 2.54. The number of amides is 1. The number of nitrogens with zero attached hydrogens (tertiary/aromatic N) is 2. The van der Waals surface area contributed by atoms with Gasteiger partial charge in [-0.25, -0.2) is 4.39 Å². The second-order valence-corrected chi connectivity index (χ2v) is 12.4. The van der Waals surface area contributed by atoms with Gasteiger partial charge in [-0.2, -0.15) is 24.5 Å². The van der Waals surface area contributed by atoms with Gasteiger partial charge in [0, 0.05) is 35.6 Å². The molecule has 8 nitrogen and oxygen atoms in total. The van der Waals surface area contributed by atoms with Gasteiger partial charge in [0.05, 0.1) is 22.7 Å². The number of Topliss-reactive ketones (excluding diaryl/α,β-unsaturated/α-hetero) is 1. The van der Waals surface area contributed by atoms with E-state index in [1.165, 1.54) is 6.07 Å². The van der Waals surface area contributed by atoms with Crippen molar-refractivity contribution in [1.82, 2.24) is 15.1 Å². The van der Waals surface area contributed by atoms with Crippen LogP contribution in [0.4, 0.5) is 13.2 Å². The maximum Gasteiger partial charge on any atom is 0.387 e. The lowest BCUT2D eigenvalue weighted by molar-refractivity contribution is -0.126. The van der Waals surface area contributed by atoms with Crippen LogP contribution in [0.25, 0.3) is 11.3 Å². The molecule has 1 aromatic carbocycles. The molecule has 36 heavy (non-hydrogen) atoms. The third kappa shape index (κ3) is 4.73. The van der Waals surface area contributed by atoms with Gasteiger partial charge in [0.2, 0.25) is 5.91 Å². The summed E-state index contributed by atoms with van der Waals surface area (Å²) in [6, 6.07) is 2.82. The molecule has 2 aromatic rings. The third-order valence-corrected chi connectivity index (χ3v) is 9.38. The predicted octanol–water partition coefficient (Wildman–Crippen LogP) is 4.33. The Morgan fingerprint density at radius 3 is 2.67 bits per heavy atom. The average molecular weight is 528 g/mol. The van der Waals surface area contributed by atoms with E-state index in [0.29, 0.717) is 43.4 Å². The molecule has 1 saturated heterocycles. The molecule has 2 heterocycles. The van der Waals surface area contributed by atoms with Gasteiger partial charge in [-0.05, 0) is 50.8 Å². The fourth-order valence-electron chi connectivity index (χ4n) is 5.70. The third-order valence-electron chi connectivity index (χ3n) is 7.18. The Morgan fingerprint density at radius 2 is 2.03 bits per heavy atom. The summed E-state index contributed by atoms with van der Waals surface area (Å²) in [4.78, 5) is 25.7. The van der Waals surface area contributed by atoms with Gasteiger partial charge < -0.3 is 10.1 Å². The first-order valence-corrected chi connectivity index (χ1v) is 13.8. The molecule has 1 aliphatic heterocycles. The van der Waals surface area contributed by atoms with Crippen molar-refractivity contribution in [3.8, 4) is 17.0 Å². The molecule has 1 saturated carbocycles. The molecule has 1 unspecified atom stereocenters. The van der Waals surface area contributed by atoms with Crippen LogP contribution in [0.3, 0.4) is 0 Å². The number of carbonyl (C=O) groups excluding carboxylic acids is 2. The molecule has 1 aromatic heterocycles. The van der Waals surface area contributed by atoms with Crippen LogP contribution in [0.5, 0.6) is 5.75 Å². The van der Waals surface area contributed by atoms with E-state index in [-0.39, 0.29) is 46.6 Å². The van der Waals surface area contributed by atoms with E-state index >= 15 is 0 Å². The van der Waals surface area contributed by atoms with Crippen LogP contribution in [0.2, 0.25) is 0 Å². The Hall–Kier alpha value is -2.57. The van der Waals surface area contributed by atoms with Crippen LogP contribution in [0.15, 0.2) is 18.2 Å². The highest BCUT2D eigenvalue weighted by molar-refractivity contribution is 8.25. The Kier molecular flexibility index (Phi) is 6.32. The number of rotatable bonds is 6. The van der Waals surface area contributed by atoms with Gasteiger partial charge >= 0.3 is 6.61 Å². The first-order valence-electron chi connectivity index (χ1n) is 11.9. The molecule has 12 heteroatoms. The smallest absolute Gasteiger partial charge is 0.387 e. The summed E-state index contributed by atoms with van der Waals surface area (Å²) < 4.78 is 65.9. The molecule has 2 atom stereocenters. The zero-order valence-electron chi connectivity index (χ0n) is 19.7. The molecule has 196 valence electrons. The van der Waals surface area contributed by atoms with Crippen LogP contribution >= 0.6 is 10.6 Å². The molecule has 0 spiro atoms. The van der Waals surface area contributed by atoms with Crippen molar-refractivity contribution >= 4 is 22.3 Å². The summed E-state index contributed by atoms with van der Waals surface area (Å²) in [5, 5.41) is 7.55. The van der Waals surface area contributed by atoms with E-state index in [4.69, 9.17) is 0 Å². The standard InChI is InChI=1S/C24H28F3N3O5S/c1-24(11-36(33,34)12-24)28-22(32)13-5-7-15-19(9-13)30(18-3-2-4-20(18)31)29-21(15)16-10-14(35-23(26)27)6-8-17(16)25/h6,8,10,13,18,23,33-34H,2-5,7,9,11-12H2,1H3,(H,28,32)/t13-,18?/m1/s1. The topological polar surface area (TPSA) is 114 Å². The summed E-state index contributed by atoms with van der Waals surface area (Å²) in [6.45, 7) is -1.29. The van der Waals surface area contributed by atoms with Crippen molar-refractivity contribution in [1.29, 1.82) is 0 Å².